The van der Waals surface area contributed by atoms with Gasteiger partial charge in [-0.3, -0.25) is 14.2 Å². The maximum absolute atomic E-state index is 13.2. The van der Waals surface area contributed by atoms with Crippen LogP contribution in [-0.2, 0) is 24.2 Å². The molecule has 1 amide bonds. The molecule has 0 radical (unpaired) electrons. The molecule has 0 saturated carbocycles. The molecule has 7 nitrogen and oxygen atoms in total. The van der Waals surface area contributed by atoms with Crippen molar-refractivity contribution in [2.75, 3.05) is 11.1 Å². The quantitative estimate of drug-likeness (QED) is 0.431. The number of ether oxygens (including phenoxy) is 2. The molecule has 11 heteroatoms. The molecule has 5 rings (SSSR count). The fraction of sp³-hybridized carbons (Fsp3) is 0.381. The van der Waals surface area contributed by atoms with Crippen molar-refractivity contribution in [3.8, 4) is 11.5 Å². The summed E-state index contributed by atoms with van der Waals surface area (Å²) in [5.74, 6) is -0.587. The first-order valence-corrected chi connectivity index (χ1v) is 12.0. The van der Waals surface area contributed by atoms with E-state index in [4.69, 9.17) is 4.98 Å². The van der Waals surface area contributed by atoms with Gasteiger partial charge in [0.2, 0.25) is 5.91 Å². The molecule has 2 aliphatic rings. The number of benzene rings is 1. The van der Waals surface area contributed by atoms with Crippen molar-refractivity contribution in [3.63, 3.8) is 0 Å². The second-order valence-corrected chi connectivity index (χ2v) is 9.53. The highest BCUT2D eigenvalue weighted by Gasteiger charge is 2.43. The summed E-state index contributed by atoms with van der Waals surface area (Å²) in [4.78, 5) is 32.3. The minimum Gasteiger partial charge on any atom is -0.395 e. The molecule has 168 valence electrons. The Balaban J connectivity index is 1.33. The van der Waals surface area contributed by atoms with Crippen LogP contribution in [0.5, 0.6) is 11.5 Å². The van der Waals surface area contributed by atoms with Crippen molar-refractivity contribution >= 4 is 44.9 Å². The van der Waals surface area contributed by atoms with Gasteiger partial charge in [0.15, 0.2) is 16.7 Å². The summed E-state index contributed by atoms with van der Waals surface area (Å²) in [5.41, 5.74) is 1.38. The summed E-state index contributed by atoms with van der Waals surface area (Å²) in [5, 5.41) is 3.86. The Bertz CT molecular complexity index is 1290. The molecule has 0 spiro atoms. The molecule has 0 saturated heterocycles. The summed E-state index contributed by atoms with van der Waals surface area (Å²) in [6, 6.07) is 4.04. The standard InChI is InChI=1S/C21H19F2N3O4S2/c1-2-26-19(28)17-12-5-3-4-6-15(12)32-18(17)25-20(26)31-10-16(27)24-11-7-8-13-14(9-11)30-21(22,23)29-13/h7-9H,2-6,10H2,1H3,(H,24,27). The number of nitrogens with zero attached hydrogens (tertiary/aromatic N) is 2. The Morgan fingerprint density at radius 3 is 2.88 bits per heavy atom. The zero-order chi connectivity index (χ0) is 22.5. The molecule has 3 aromatic rings. The number of thiophene rings is 1. The lowest BCUT2D eigenvalue weighted by Gasteiger charge is -2.12. The van der Waals surface area contributed by atoms with Crippen LogP contribution < -0.4 is 20.3 Å². The molecule has 0 bridgehead atoms. The van der Waals surface area contributed by atoms with Gasteiger partial charge in [0.05, 0.1) is 11.1 Å². The summed E-state index contributed by atoms with van der Waals surface area (Å²) in [7, 11) is 0. The molecule has 3 heterocycles. The molecule has 1 aliphatic carbocycles. The van der Waals surface area contributed by atoms with Crippen molar-refractivity contribution in [2.24, 2.45) is 0 Å². The Morgan fingerprint density at radius 1 is 1.28 bits per heavy atom. The lowest BCUT2D eigenvalue weighted by atomic mass is 9.97. The van der Waals surface area contributed by atoms with E-state index in [1.165, 1.54) is 34.8 Å². The number of alkyl halides is 2. The molecule has 0 unspecified atom stereocenters. The van der Waals surface area contributed by atoms with Crippen LogP contribution in [0.3, 0.4) is 0 Å². The predicted octanol–water partition coefficient (Wildman–Crippen LogP) is 4.41. The topological polar surface area (TPSA) is 82.5 Å². The van der Waals surface area contributed by atoms with Crippen LogP contribution in [-0.4, -0.2) is 27.5 Å². The van der Waals surface area contributed by atoms with Crippen LogP contribution in [0.4, 0.5) is 14.5 Å². The maximum atomic E-state index is 13.2. The van der Waals surface area contributed by atoms with Gasteiger partial charge in [-0.25, -0.2) is 4.98 Å². The zero-order valence-corrected chi connectivity index (χ0v) is 18.7. The number of carbonyl (C=O) groups excluding carboxylic acids is 1. The Labute approximate surface area is 189 Å². The molecule has 0 atom stereocenters. The molecular formula is C21H19F2N3O4S2. The van der Waals surface area contributed by atoms with E-state index in [1.807, 2.05) is 6.92 Å². The van der Waals surface area contributed by atoms with Crippen molar-refractivity contribution in [3.05, 3.63) is 39.0 Å². The molecule has 1 N–H and O–H groups in total. The minimum absolute atomic E-state index is 0.00758. The average molecular weight is 480 g/mol. The van der Waals surface area contributed by atoms with E-state index in [9.17, 15) is 18.4 Å². The van der Waals surface area contributed by atoms with E-state index >= 15 is 0 Å². The van der Waals surface area contributed by atoms with Gasteiger partial charge < -0.3 is 14.8 Å². The lowest BCUT2D eigenvalue weighted by molar-refractivity contribution is -0.286. The number of amides is 1. The van der Waals surface area contributed by atoms with E-state index in [0.717, 1.165) is 41.5 Å². The molecule has 0 fully saturated rings. The number of nitrogens with one attached hydrogen (secondary N) is 1. The predicted molar refractivity (Wildman–Crippen MR) is 118 cm³/mol. The molecule has 32 heavy (non-hydrogen) atoms. The first-order chi connectivity index (χ1) is 15.3. The average Bonchev–Trinajstić information content (AvgIpc) is 3.27. The number of hydrogen-bond donors (Lipinski definition) is 1. The van der Waals surface area contributed by atoms with Crippen molar-refractivity contribution in [1.82, 2.24) is 9.55 Å². The van der Waals surface area contributed by atoms with Crippen LogP contribution in [0.1, 0.15) is 30.2 Å². The smallest absolute Gasteiger partial charge is 0.395 e. The van der Waals surface area contributed by atoms with Crippen LogP contribution in [0.2, 0.25) is 0 Å². The second-order valence-electron chi connectivity index (χ2n) is 7.50. The second kappa shape index (κ2) is 8.04. The number of fused-ring (bicyclic) bond motifs is 4. The highest BCUT2D eigenvalue weighted by molar-refractivity contribution is 7.99. The van der Waals surface area contributed by atoms with Crippen LogP contribution in [0, 0.1) is 0 Å². The minimum atomic E-state index is -3.71. The van der Waals surface area contributed by atoms with Crippen LogP contribution >= 0.6 is 23.1 Å². The maximum Gasteiger partial charge on any atom is 0.586 e. The van der Waals surface area contributed by atoms with Gasteiger partial charge in [0.25, 0.3) is 5.56 Å². The van der Waals surface area contributed by atoms with E-state index in [-0.39, 0.29) is 28.7 Å². The summed E-state index contributed by atoms with van der Waals surface area (Å²) >= 11 is 2.74. The largest absolute Gasteiger partial charge is 0.586 e. The number of anilines is 1. The molecule has 2 aromatic heterocycles. The highest BCUT2D eigenvalue weighted by Crippen LogP contribution is 2.42. The monoisotopic (exact) mass is 479 g/mol. The third-order valence-corrected chi connectivity index (χ3v) is 7.54. The van der Waals surface area contributed by atoms with E-state index in [1.54, 1.807) is 15.9 Å². The number of carbonyl (C=O) groups is 1. The number of hydrogen-bond acceptors (Lipinski definition) is 7. The first kappa shape index (κ1) is 21.2. The van der Waals surface area contributed by atoms with E-state index < -0.39 is 6.29 Å². The van der Waals surface area contributed by atoms with Crippen molar-refractivity contribution in [2.45, 2.75) is 50.6 Å². The SMILES string of the molecule is CCn1c(SCC(=O)Nc2ccc3c(c2)OC(F)(F)O3)nc2sc3c(c2c1=O)CCCC3. The van der Waals surface area contributed by atoms with Gasteiger partial charge in [-0.05, 0) is 50.3 Å². The third-order valence-electron chi connectivity index (χ3n) is 5.37. The fourth-order valence-corrected chi connectivity index (χ4v) is 6.13. The summed E-state index contributed by atoms with van der Waals surface area (Å²) < 4.78 is 36.7. The number of aryl methyl sites for hydroxylation is 2. The number of rotatable bonds is 5. The zero-order valence-electron chi connectivity index (χ0n) is 17.1. The van der Waals surface area contributed by atoms with E-state index in [0.29, 0.717) is 17.4 Å². The Hall–Kier alpha value is -2.66. The van der Waals surface area contributed by atoms with Crippen LogP contribution in [0.15, 0.2) is 28.2 Å². The van der Waals surface area contributed by atoms with Gasteiger partial charge in [-0.1, -0.05) is 11.8 Å². The lowest BCUT2D eigenvalue weighted by Crippen LogP contribution is -2.25. The molecule has 1 aromatic carbocycles. The number of thioether (sulfide) groups is 1. The van der Waals surface area contributed by atoms with Gasteiger partial charge in [-0.15, -0.1) is 20.1 Å². The summed E-state index contributed by atoms with van der Waals surface area (Å²) in [6.07, 6.45) is 0.385. The number of aromatic nitrogens is 2. The molecule has 1 aliphatic heterocycles. The first-order valence-electron chi connectivity index (χ1n) is 10.2. The van der Waals surface area contributed by atoms with E-state index in [2.05, 4.69) is 14.8 Å². The fourth-order valence-electron chi connectivity index (χ4n) is 3.96. The van der Waals surface area contributed by atoms with Gasteiger partial charge in [0, 0.05) is 23.2 Å². The van der Waals surface area contributed by atoms with Gasteiger partial charge in [-0.2, -0.15) is 0 Å². The summed E-state index contributed by atoms with van der Waals surface area (Å²) in [6.45, 7) is 2.33. The van der Waals surface area contributed by atoms with Gasteiger partial charge in [0.1, 0.15) is 4.83 Å². The third kappa shape index (κ3) is 3.83. The van der Waals surface area contributed by atoms with Crippen LogP contribution in [0.25, 0.3) is 10.2 Å². The Morgan fingerprint density at radius 2 is 2.06 bits per heavy atom. The normalized spacial score (nSPS) is 16.2. The highest BCUT2D eigenvalue weighted by atomic mass is 32.2. The van der Waals surface area contributed by atoms with Crippen molar-refractivity contribution in [1.29, 1.82) is 0 Å². The molecular weight excluding hydrogens is 460 g/mol. The number of halogens is 2. The Kier molecular flexibility index (Phi) is 5.32. The van der Waals surface area contributed by atoms with Gasteiger partial charge >= 0.3 is 6.29 Å². The van der Waals surface area contributed by atoms with Crippen molar-refractivity contribution < 1.29 is 23.0 Å².